The third kappa shape index (κ3) is 8.68. The van der Waals surface area contributed by atoms with Crippen LogP contribution in [-0.2, 0) is 26.5 Å². The maximum atomic E-state index is 14.4. The predicted molar refractivity (Wildman–Crippen MR) is 97.4 cm³/mol. The van der Waals surface area contributed by atoms with E-state index in [4.69, 9.17) is 18.4 Å². The van der Waals surface area contributed by atoms with Crippen LogP contribution in [0.15, 0.2) is 24.4 Å². The molecule has 0 saturated carbocycles. The first kappa shape index (κ1) is 16.1. The number of nitrogens with zero attached hydrogens (tertiary/aromatic N) is 1. The molecule has 5 heteroatoms. The van der Waals surface area contributed by atoms with E-state index in [2.05, 4.69) is 11.1 Å². The van der Waals surface area contributed by atoms with Crippen molar-refractivity contribution in [1.29, 1.82) is 0 Å². The van der Waals surface area contributed by atoms with Crippen molar-refractivity contribution >= 4 is 0 Å². The summed E-state index contributed by atoms with van der Waals surface area (Å²) in [5.41, 5.74) is 0.627. The maximum Gasteiger partial charge on any atom is 0.0383 e. The maximum absolute atomic E-state index is 14.4. The van der Waals surface area contributed by atoms with Gasteiger partial charge in [-0.25, -0.2) is 0 Å². The van der Waals surface area contributed by atoms with Crippen LogP contribution in [0.5, 0.6) is 0 Å². The summed E-state index contributed by atoms with van der Waals surface area (Å²) in [5.74, 6) is -0.755. The van der Waals surface area contributed by atoms with Crippen LogP contribution >= 0.6 is 0 Å². The van der Waals surface area contributed by atoms with E-state index < -0.39 is 19.5 Å². The molecule has 3 nitrogen and oxygen atoms in total. The van der Waals surface area contributed by atoms with Gasteiger partial charge in [-0.1, -0.05) is 44.8 Å². The van der Waals surface area contributed by atoms with Crippen molar-refractivity contribution in [2.24, 2.45) is 5.41 Å². The molecule has 0 unspecified atom stereocenters. The van der Waals surface area contributed by atoms with Gasteiger partial charge in [-0.2, -0.15) is 0 Å². The smallest absolute Gasteiger partial charge is 0.0383 e. The topological polar surface area (TPSA) is 53.4 Å². The van der Waals surface area contributed by atoms with Gasteiger partial charge >= 0.3 is 0 Å². The molecule has 0 bridgehead atoms. The molecule has 1 heterocycles. The van der Waals surface area contributed by atoms with Crippen molar-refractivity contribution in [3.63, 3.8) is 0 Å². The molecule has 0 aliphatic heterocycles. The molecule has 0 aliphatic rings. The second kappa shape index (κ2) is 12.3. The van der Waals surface area contributed by atoms with Crippen LogP contribution in [-0.4, -0.2) is 29.4 Å². The van der Waals surface area contributed by atoms with E-state index >= 15 is 0 Å². The molecule has 1 aromatic heterocycles. The summed E-state index contributed by atoms with van der Waals surface area (Å²) in [4.78, 5) is 4.09. The molecule has 2 rings (SSSR count). The third-order valence-electron chi connectivity index (χ3n) is 2.86. The average molecular weight is 533 g/mol. The Morgan fingerprint density at radius 3 is 2.28 bits per heavy atom. The van der Waals surface area contributed by atoms with Crippen LogP contribution in [0.4, 0.5) is 4.39 Å². The number of hydrogen-bond donors (Lipinski definition) is 2. The Balaban J connectivity index is 0. The first-order chi connectivity index (χ1) is 13.7. The van der Waals surface area contributed by atoms with E-state index in [1.54, 1.807) is 6.07 Å². The van der Waals surface area contributed by atoms with Crippen molar-refractivity contribution in [1.82, 2.24) is 4.98 Å². The first-order valence-corrected chi connectivity index (χ1v) is 7.29. The number of aliphatic hydroxyl groups excluding tert-OH is 2. The van der Waals surface area contributed by atoms with E-state index in [-0.39, 0.29) is 47.9 Å². The van der Waals surface area contributed by atoms with Gasteiger partial charge in [-0.05, 0) is 29.9 Å². The molecule has 0 saturated heterocycles. The van der Waals surface area contributed by atoms with E-state index in [9.17, 15) is 4.39 Å². The molecule has 143 valence electrons. The molecule has 0 amide bonds. The number of halogens is 1. The largest absolute Gasteiger partial charge is 0.400 e. The Morgan fingerprint density at radius 1 is 1.16 bits per heavy atom. The summed E-state index contributed by atoms with van der Waals surface area (Å²) in [6, 6.07) is 6.35. The Kier molecular flexibility index (Phi) is 7.88. The van der Waals surface area contributed by atoms with Gasteiger partial charge < -0.3 is 15.2 Å². The van der Waals surface area contributed by atoms with Gasteiger partial charge in [0.15, 0.2) is 0 Å². The molecule has 25 heavy (non-hydrogen) atoms. The predicted octanol–water partition coefficient (Wildman–Crippen LogP) is 4.11. The molecule has 1 radical (unpaired) electrons. The van der Waals surface area contributed by atoms with Gasteiger partial charge in [0, 0.05) is 54.6 Å². The minimum absolute atomic E-state index is 0. The van der Waals surface area contributed by atoms with Crippen molar-refractivity contribution in [2.75, 3.05) is 14.2 Å². The normalized spacial score (nSPS) is 14.4. The molecular weight excluding hydrogens is 497 g/mol. The van der Waals surface area contributed by atoms with Crippen LogP contribution < -0.4 is 0 Å². The van der Waals surface area contributed by atoms with Crippen LogP contribution in [0.3, 0.4) is 0 Å². The van der Waals surface area contributed by atoms with Gasteiger partial charge in [-0.3, -0.25) is 4.39 Å². The number of pyridine rings is 1. The summed E-state index contributed by atoms with van der Waals surface area (Å²) in [7, 11) is 2.00. The minimum Gasteiger partial charge on any atom is -0.400 e. The fraction of sp³-hybridized carbons (Fsp3) is 0.450. The second-order valence-corrected chi connectivity index (χ2v) is 6.08. The Labute approximate surface area is 173 Å². The quantitative estimate of drug-likeness (QED) is 0.573. The van der Waals surface area contributed by atoms with Crippen LogP contribution in [0, 0.1) is 31.0 Å². The van der Waals surface area contributed by atoms with Crippen LogP contribution in [0.2, 0.25) is 0 Å². The summed E-state index contributed by atoms with van der Waals surface area (Å²) in [6.07, 6.45) is 1.72. The molecule has 0 spiro atoms. The Hall–Kier alpha value is -1.13. The number of aryl methyl sites for hydroxylation is 2. The minimum atomic E-state index is -2.42. The average Bonchev–Trinajstić information content (AvgIpc) is 2.62. The monoisotopic (exact) mass is 533 g/mol. The van der Waals surface area contributed by atoms with E-state index in [1.807, 2.05) is 20.8 Å². The summed E-state index contributed by atoms with van der Waals surface area (Å²) in [6.45, 7) is 1.20. The molecule has 2 N–H and O–H groups in total. The second-order valence-electron chi connectivity index (χ2n) is 6.08. The van der Waals surface area contributed by atoms with Crippen molar-refractivity contribution in [3.8, 4) is 11.3 Å². The molecule has 1 aromatic carbocycles. The molecule has 2 aromatic rings. The zero-order chi connectivity index (χ0) is 23.9. The van der Waals surface area contributed by atoms with E-state index in [1.165, 1.54) is 12.3 Å². The Bertz CT molecular complexity index is 821. The number of benzene rings is 1. The van der Waals surface area contributed by atoms with Crippen LogP contribution in [0.25, 0.3) is 11.3 Å². The molecule has 0 aliphatic carbocycles. The van der Waals surface area contributed by atoms with E-state index in [0.29, 0.717) is 12.0 Å². The fourth-order valence-electron chi connectivity index (χ4n) is 2.02. The van der Waals surface area contributed by atoms with Crippen molar-refractivity contribution < 1.29 is 42.9 Å². The first-order valence-electron chi connectivity index (χ1n) is 10.3. The SMILES string of the molecule is CO.CO.[2H]C([2H])([2H])c1c[c-]c(-c2cc(CC(C)(C)C)c(C([2H])([2H])[2H])cn2)c(F)c1.[Ir]. The fourth-order valence-corrected chi connectivity index (χ4v) is 2.02. The zero-order valence-electron chi connectivity index (χ0n) is 21.1. The molecule has 0 atom stereocenters. The van der Waals surface area contributed by atoms with Crippen molar-refractivity contribution in [3.05, 3.63) is 53.0 Å². The van der Waals surface area contributed by atoms with Gasteiger partial charge in [0.05, 0.1) is 0 Å². The standard InChI is InChI=1S/C18H21FN.2CH4O.Ir/c1-12-6-7-15(16(19)8-12)17-9-14(10-18(3,4)5)13(2)11-20-17;2*1-2;/h6,8-9,11H,10H2,1-5H3;2*2H,1H3;/q-1;;;/i1D3,2D3;;;. The number of rotatable bonds is 2. The summed E-state index contributed by atoms with van der Waals surface area (Å²) >= 11 is 0. The summed E-state index contributed by atoms with van der Waals surface area (Å²) < 4.78 is 59.5. The number of hydrogen-bond acceptors (Lipinski definition) is 3. The molecule has 0 fully saturated rings. The van der Waals surface area contributed by atoms with Gasteiger partial charge in [0.25, 0.3) is 0 Å². The molecular formula is C20H29FIrNO2-. The van der Waals surface area contributed by atoms with Crippen LogP contribution in [0.1, 0.15) is 45.7 Å². The zero-order valence-corrected chi connectivity index (χ0v) is 17.5. The van der Waals surface area contributed by atoms with Gasteiger partial charge in [0.1, 0.15) is 0 Å². The van der Waals surface area contributed by atoms with Gasteiger partial charge in [-0.15, -0.1) is 23.8 Å². The summed E-state index contributed by atoms with van der Waals surface area (Å²) in [5, 5.41) is 14.0. The van der Waals surface area contributed by atoms with E-state index in [0.717, 1.165) is 20.3 Å². The number of aliphatic hydroxyl groups is 2. The number of aromatic nitrogens is 1. The Morgan fingerprint density at radius 2 is 1.80 bits per heavy atom. The van der Waals surface area contributed by atoms with Crippen molar-refractivity contribution in [2.45, 2.75) is 40.9 Å². The van der Waals surface area contributed by atoms with Gasteiger partial charge in [0.2, 0.25) is 0 Å². The third-order valence-corrected chi connectivity index (χ3v) is 2.86.